The van der Waals surface area contributed by atoms with Crippen LogP contribution in [-0.4, -0.2) is 100 Å². The van der Waals surface area contributed by atoms with Gasteiger partial charge in [-0.2, -0.15) is 0 Å². The molecule has 1 heterocycles. The Morgan fingerprint density at radius 3 is 1.30 bits per heavy atom. The van der Waals surface area contributed by atoms with Crippen LogP contribution >= 0.6 is 0 Å². The second-order valence-corrected chi connectivity index (χ2v) is 23.5. The molecule has 80 heavy (non-hydrogen) atoms. The van der Waals surface area contributed by atoms with Crippen molar-refractivity contribution < 1.29 is 49.3 Å². The van der Waals surface area contributed by atoms with Crippen molar-refractivity contribution in [3.05, 3.63) is 48.6 Å². The van der Waals surface area contributed by atoms with Crippen LogP contribution in [0, 0.1) is 0 Å². The SMILES string of the molecule is CCCCC/C=C\CCCCCCCC(=O)OCCCCCCCCCCC/C=C\C/C=C\CCCCCCCCCCCCCCCC(=O)NC(COC1OC(CO)C(O)C(O)C1O)C(O)/C=C/CCCCCCCCCCC. The van der Waals surface area contributed by atoms with E-state index < -0.39 is 49.5 Å². The standard InChI is InChI=1S/C69H127NO10/c1-3-5-7-9-11-13-15-37-41-45-49-53-57-65(74)78-58-54-50-46-42-38-34-32-30-28-26-24-22-20-18-16-17-19-21-23-25-27-29-31-33-36-40-44-48-52-56-64(73)70-61(60-79-69-68(77)67(76)66(75)63(59-71)80-69)62(72)55-51-47-43-39-35-14-12-10-8-6-4-2/h11,13,16,18,22,24,51,55,61-63,66-69,71-72,75-77H,3-10,12,14-15,17,19-21,23,25-50,52-54,56-60H2,1-2H3,(H,70,73)/b13-11-,18-16-,24-22-,55-51+. The van der Waals surface area contributed by atoms with Gasteiger partial charge in [0.2, 0.25) is 5.91 Å². The molecule has 1 saturated heterocycles. The van der Waals surface area contributed by atoms with Crippen LogP contribution in [0.2, 0.25) is 0 Å². The van der Waals surface area contributed by atoms with E-state index in [9.17, 15) is 35.1 Å². The highest BCUT2D eigenvalue weighted by Gasteiger charge is 2.44. The molecule has 1 fully saturated rings. The lowest BCUT2D eigenvalue weighted by Gasteiger charge is -2.40. The van der Waals surface area contributed by atoms with Gasteiger partial charge in [0.25, 0.3) is 0 Å². The number of rotatable bonds is 59. The van der Waals surface area contributed by atoms with E-state index in [1.165, 1.54) is 225 Å². The molecule has 1 rings (SSSR count). The summed E-state index contributed by atoms with van der Waals surface area (Å²) >= 11 is 0. The maximum Gasteiger partial charge on any atom is 0.305 e. The van der Waals surface area contributed by atoms with Gasteiger partial charge in [-0.15, -0.1) is 0 Å². The Labute approximate surface area is 491 Å². The molecule has 0 radical (unpaired) electrons. The summed E-state index contributed by atoms with van der Waals surface area (Å²) < 4.78 is 16.7. The van der Waals surface area contributed by atoms with E-state index in [2.05, 4.69) is 55.6 Å². The Bertz CT molecular complexity index is 1470. The number of aliphatic hydroxyl groups excluding tert-OH is 5. The number of amides is 1. The molecule has 11 nitrogen and oxygen atoms in total. The summed E-state index contributed by atoms with van der Waals surface area (Å²) in [5, 5.41) is 54.4. The molecule has 0 aromatic rings. The molecule has 11 heteroatoms. The van der Waals surface area contributed by atoms with Crippen molar-refractivity contribution in [1.29, 1.82) is 0 Å². The third kappa shape index (κ3) is 47.0. The molecular formula is C69H127NO10. The predicted molar refractivity (Wildman–Crippen MR) is 334 cm³/mol. The number of carbonyl (C=O) groups is 2. The maximum atomic E-state index is 13.0. The molecule has 1 aliphatic heterocycles. The predicted octanol–water partition coefficient (Wildman–Crippen LogP) is 16.8. The minimum atomic E-state index is -1.57. The molecule has 468 valence electrons. The molecular weight excluding hydrogens is 1000 g/mol. The third-order valence-corrected chi connectivity index (χ3v) is 15.9. The van der Waals surface area contributed by atoms with Crippen molar-refractivity contribution in [2.24, 2.45) is 0 Å². The van der Waals surface area contributed by atoms with Gasteiger partial charge in [-0.25, -0.2) is 0 Å². The zero-order valence-corrected chi connectivity index (χ0v) is 51.8. The molecule has 0 aromatic carbocycles. The topological polar surface area (TPSA) is 175 Å². The number of hydrogen-bond acceptors (Lipinski definition) is 10. The first-order valence-electron chi connectivity index (χ1n) is 33.9. The molecule has 0 aromatic heterocycles. The monoisotopic (exact) mass is 1130 g/mol. The van der Waals surface area contributed by atoms with Crippen molar-refractivity contribution >= 4 is 11.9 Å². The summed E-state index contributed by atoms with van der Waals surface area (Å²) in [5.74, 6) is -0.190. The zero-order chi connectivity index (χ0) is 58.0. The van der Waals surface area contributed by atoms with Crippen LogP contribution in [0.15, 0.2) is 48.6 Å². The van der Waals surface area contributed by atoms with Gasteiger partial charge in [0.1, 0.15) is 24.4 Å². The summed E-state index contributed by atoms with van der Waals surface area (Å²) in [4.78, 5) is 25.1. The van der Waals surface area contributed by atoms with Gasteiger partial charge < -0.3 is 45.1 Å². The number of hydrogen-bond donors (Lipinski definition) is 6. The second-order valence-electron chi connectivity index (χ2n) is 23.5. The number of unbranched alkanes of at least 4 members (excludes halogenated alkanes) is 39. The lowest BCUT2D eigenvalue weighted by Crippen LogP contribution is -2.60. The van der Waals surface area contributed by atoms with Crippen molar-refractivity contribution in [3.8, 4) is 0 Å². The maximum absolute atomic E-state index is 13.0. The Hall–Kier alpha value is -2.38. The number of carbonyl (C=O) groups excluding carboxylic acids is 2. The Morgan fingerprint density at radius 2 is 0.838 bits per heavy atom. The van der Waals surface area contributed by atoms with Gasteiger partial charge in [-0.1, -0.05) is 262 Å². The Morgan fingerprint density at radius 1 is 0.463 bits per heavy atom. The normalized spacial score (nSPS) is 18.6. The van der Waals surface area contributed by atoms with Crippen LogP contribution < -0.4 is 5.32 Å². The van der Waals surface area contributed by atoms with E-state index in [1.54, 1.807) is 6.08 Å². The zero-order valence-electron chi connectivity index (χ0n) is 51.8. The van der Waals surface area contributed by atoms with E-state index in [-0.39, 0.29) is 18.5 Å². The first kappa shape index (κ1) is 75.6. The van der Waals surface area contributed by atoms with Gasteiger partial charge in [0.05, 0.1) is 32.0 Å². The molecule has 0 aliphatic carbocycles. The minimum absolute atomic E-state index is 0.00703. The first-order chi connectivity index (χ1) is 39.2. The Kier molecular flexibility index (Phi) is 55.2. The summed E-state index contributed by atoms with van der Waals surface area (Å²) in [5.41, 5.74) is 0. The summed E-state index contributed by atoms with van der Waals surface area (Å²) in [6.07, 6.45) is 65.2. The van der Waals surface area contributed by atoms with Crippen molar-refractivity contribution in [1.82, 2.24) is 5.32 Å². The average molecular weight is 1130 g/mol. The highest BCUT2D eigenvalue weighted by molar-refractivity contribution is 5.76. The number of esters is 1. The fourth-order valence-corrected chi connectivity index (χ4v) is 10.5. The number of aliphatic hydroxyl groups is 5. The highest BCUT2D eigenvalue weighted by atomic mass is 16.7. The van der Waals surface area contributed by atoms with E-state index in [0.29, 0.717) is 19.4 Å². The van der Waals surface area contributed by atoms with Gasteiger partial charge >= 0.3 is 5.97 Å². The van der Waals surface area contributed by atoms with Gasteiger partial charge in [-0.3, -0.25) is 9.59 Å². The quantitative estimate of drug-likeness (QED) is 0.0195. The average Bonchev–Trinajstić information content (AvgIpc) is 3.50. The van der Waals surface area contributed by atoms with E-state index in [1.807, 2.05) is 6.08 Å². The van der Waals surface area contributed by atoms with Crippen LogP contribution in [0.25, 0.3) is 0 Å². The van der Waals surface area contributed by atoms with Crippen LogP contribution in [-0.2, 0) is 23.8 Å². The molecule has 0 saturated carbocycles. The number of ether oxygens (including phenoxy) is 3. The minimum Gasteiger partial charge on any atom is -0.466 e. The van der Waals surface area contributed by atoms with Crippen LogP contribution in [0.5, 0.6) is 0 Å². The van der Waals surface area contributed by atoms with Gasteiger partial charge in [-0.05, 0) is 89.9 Å². The Balaban J connectivity index is 1.98. The molecule has 7 atom stereocenters. The lowest BCUT2D eigenvalue weighted by atomic mass is 9.99. The van der Waals surface area contributed by atoms with Crippen LogP contribution in [0.3, 0.4) is 0 Å². The molecule has 7 unspecified atom stereocenters. The molecule has 6 N–H and O–H groups in total. The molecule has 0 bridgehead atoms. The van der Waals surface area contributed by atoms with Crippen molar-refractivity contribution in [2.75, 3.05) is 19.8 Å². The fraction of sp³-hybridized carbons (Fsp3) is 0.855. The lowest BCUT2D eigenvalue weighted by molar-refractivity contribution is -0.302. The first-order valence-corrected chi connectivity index (χ1v) is 33.9. The smallest absolute Gasteiger partial charge is 0.305 e. The largest absolute Gasteiger partial charge is 0.466 e. The van der Waals surface area contributed by atoms with Crippen molar-refractivity contribution in [2.45, 2.75) is 358 Å². The van der Waals surface area contributed by atoms with Crippen molar-refractivity contribution in [3.63, 3.8) is 0 Å². The number of allylic oxidation sites excluding steroid dienone is 7. The third-order valence-electron chi connectivity index (χ3n) is 15.9. The summed E-state index contributed by atoms with van der Waals surface area (Å²) in [6.45, 7) is 4.32. The molecule has 1 amide bonds. The fourth-order valence-electron chi connectivity index (χ4n) is 10.5. The second kappa shape index (κ2) is 58.4. The summed E-state index contributed by atoms with van der Waals surface area (Å²) in [6, 6.07) is -0.811. The van der Waals surface area contributed by atoms with Crippen LogP contribution in [0.1, 0.15) is 316 Å². The number of nitrogens with one attached hydrogen (secondary N) is 1. The molecule has 1 aliphatic rings. The van der Waals surface area contributed by atoms with Crippen LogP contribution in [0.4, 0.5) is 0 Å². The van der Waals surface area contributed by atoms with E-state index >= 15 is 0 Å². The summed E-state index contributed by atoms with van der Waals surface area (Å²) in [7, 11) is 0. The highest BCUT2D eigenvalue weighted by Crippen LogP contribution is 2.23. The van der Waals surface area contributed by atoms with Gasteiger partial charge in [0, 0.05) is 12.8 Å². The van der Waals surface area contributed by atoms with E-state index in [4.69, 9.17) is 14.2 Å². The van der Waals surface area contributed by atoms with Gasteiger partial charge in [0.15, 0.2) is 6.29 Å². The van der Waals surface area contributed by atoms with E-state index in [0.717, 1.165) is 64.2 Å². The molecule has 0 spiro atoms.